The number of ether oxygens (including phenoxy) is 1. The van der Waals surface area contributed by atoms with Crippen LogP contribution in [0.15, 0.2) is 24.3 Å². The average molecular weight is 200 g/mol. The van der Waals surface area contributed by atoms with E-state index in [4.69, 9.17) is 9.84 Å². The lowest BCUT2D eigenvalue weighted by atomic mass is 10.2. The number of rotatable bonds is 4. The van der Waals surface area contributed by atoms with Crippen LogP contribution in [0, 0.1) is 5.82 Å². The SMILES string of the molecule is CC(O)(CCO)Oc1ccc(F)cc1. The molecule has 0 heterocycles. The summed E-state index contributed by atoms with van der Waals surface area (Å²) in [6.45, 7) is 1.26. The predicted molar refractivity (Wildman–Crippen MR) is 49.4 cm³/mol. The summed E-state index contributed by atoms with van der Waals surface area (Å²) in [5, 5.41) is 18.2. The predicted octanol–water partition coefficient (Wildman–Crippen LogP) is 1.30. The van der Waals surface area contributed by atoms with Crippen LogP contribution in [0.1, 0.15) is 13.3 Å². The Bertz CT molecular complexity index is 282. The molecule has 0 saturated heterocycles. The largest absolute Gasteiger partial charge is 0.463 e. The molecular weight excluding hydrogens is 187 g/mol. The third-order valence-electron chi connectivity index (χ3n) is 1.73. The molecule has 2 N–H and O–H groups in total. The van der Waals surface area contributed by atoms with Crippen molar-refractivity contribution in [3.05, 3.63) is 30.1 Å². The highest BCUT2D eigenvalue weighted by atomic mass is 19.1. The monoisotopic (exact) mass is 200 g/mol. The molecule has 0 aliphatic rings. The van der Waals surface area contributed by atoms with E-state index >= 15 is 0 Å². The summed E-state index contributed by atoms with van der Waals surface area (Å²) < 4.78 is 17.6. The van der Waals surface area contributed by atoms with Crippen molar-refractivity contribution in [3.63, 3.8) is 0 Å². The number of aliphatic hydroxyl groups is 2. The zero-order chi connectivity index (χ0) is 10.6. The number of hydrogen-bond acceptors (Lipinski definition) is 3. The van der Waals surface area contributed by atoms with Crippen LogP contribution in [-0.4, -0.2) is 22.6 Å². The van der Waals surface area contributed by atoms with Crippen molar-refractivity contribution in [1.29, 1.82) is 0 Å². The third-order valence-corrected chi connectivity index (χ3v) is 1.73. The molecule has 0 aromatic heterocycles. The summed E-state index contributed by atoms with van der Waals surface area (Å²) in [6, 6.07) is 5.32. The maximum Gasteiger partial charge on any atom is 0.207 e. The molecule has 3 nitrogen and oxygen atoms in total. The van der Waals surface area contributed by atoms with Crippen molar-refractivity contribution in [2.75, 3.05) is 6.61 Å². The number of hydrogen-bond donors (Lipinski definition) is 2. The quantitative estimate of drug-likeness (QED) is 0.720. The molecule has 1 aromatic carbocycles. The standard InChI is InChI=1S/C10H13FO3/c1-10(13,6-7-12)14-9-4-2-8(11)3-5-9/h2-5,12-13H,6-7H2,1H3. The van der Waals surface area contributed by atoms with Crippen molar-refractivity contribution in [1.82, 2.24) is 0 Å². The smallest absolute Gasteiger partial charge is 0.207 e. The summed E-state index contributed by atoms with van der Waals surface area (Å²) in [7, 11) is 0. The van der Waals surface area contributed by atoms with E-state index in [1.807, 2.05) is 0 Å². The van der Waals surface area contributed by atoms with E-state index in [1.165, 1.54) is 31.2 Å². The Labute approximate surface area is 81.8 Å². The van der Waals surface area contributed by atoms with Gasteiger partial charge in [0.05, 0.1) is 0 Å². The van der Waals surface area contributed by atoms with Gasteiger partial charge in [-0.1, -0.05) is 0 Å². The van der Waals surface area contributed by atoms with Gasteiger partial charge in [0.15, 0.2) is 0 Å². The molecule has 0 spiro atoms. The molecule has 0 radical (unpaired) electrons. The van der Waals surface area contributed by atoms with Crippen LogP contribution >= 0.6 is 0 Å². The lowest BCUT2D eigenvalue weighted by Crippen LogP contribution is -2.32. The van der Waals surface area contributed by atoms with Gasteiger partial charge in [-0.25, -0.2) is 4.39 Å². The Balaban J connectivity index is 2.64. The summed E-state index contributed by atoms with van der Waals surface area (Å²) in [5.41, 5.74) is 0. The first-order valence-corrected chi connectivity index (χ1v) is 4.31. The second kappa shape index (κ2) is 4.39. The lowest BCUT2D eigenvalue weighted by Gasteiger charge is -2.23. The van der Waals surface area contributed by atoms with E-state index in [0.717, 1.165) is 0 Å². The minimum absolute atomic E-state index is 0.102. The van der Waals surface area contributed by atoms with E-state index in [0.29, 0.717) is 5.75 Å². The summed E-state index contributed by atoms with van der Waals surface area (Å²) in [6.07, 6.45) is 0.102. The Kier molecular flexibility index (Phi) is 3.43. The van der Waals surface area contributed by atoms with Crippen molar-refractivity contribution < 1.29 is 19.3 Å². The zero-order valence-corrected chi connectivity index (χ0v) is 7.90. The Morgan fingerprint density at radius 1 is 1.36 bits per heavy atom. The maximum atomic E-state index is 12.5. The van der Waals surface area contributed by atoms with Crippen LogP contribution in [-0.2, 0) is 0 Å². The van der Waals surface area contributed by atoms with Gasteiger partial charge in [-0.15, -0.1) is 0 Å². The van der Waals surface area contributed by atoms with E-state index in [2.05, 4.69) is 0 Å². The van der Waals surface area contributed by atoms with Gasteiger partial charge in [0.2, 0.25) is 5.79 Å². The second-order valence-electron chi connectivity index (χ2n) is 3.20. The van der Waals surface area contributed by atoms with Crippen LogP contribution in [0.5, 0.6) is 5.75 Å². The van der Waals surface area contributed by atoms with Crippen LogP contribution in [0.25, 0.3) is 0 Å². The van der Waals surface area contributed by atoms with Crippen LogP contribution < -0.4 is 4.74 Å². The third kappa shape index (κ3) is 3.32. The molecule has 78 valence electrons. The van der Waals surface area contributed by atoms with Gasteiger partial charge in [0.1, 0.15) is 11.6 Å². The fraction of sp³-hybridized carbons (Fsp3) is 0.400. The zero-order valence-electron chi connectivity index (χ0n) is 7.90. The molecule has 0 saturated carbocycles. The van der Waals surface area contributed by atoms with Crippen LogP contribution in [0.2, 0.25) is 0 Å². The van der Waals surface area contributed by atoms with Crippen LogP contribution in [0.3, 0.4) is 0 Å². The molecule has 1 aromatic rings. The lowest BCUT2D eigenvalue weighted by molar-refractivity contribution is -0.132. The van der Waals surface area contributed by atoms with Crippen LogP contribution in [0.4, 0.5) is 4.39 Å². The Hall–Kier alpha value is -1.13. The molecule has 1 rings (SSSR count). The molecule has 1 unspecified atom stereocenters. The van der Waals surface area contributed by atoms with Crippen molar-refractivity contribution >= 4 is 0 Å². The van der Waals surface area contributed by atoms with Gasteiger partial charge in [-0.3, -0.25) is 0 Å². The highest BCUT2D eigenvalue weighted by Gasteiger charge is 2.21. The van der Waals surface area contributed by atoms with Gasteiger partial charge in [0, 0.05) is 20.0 Å². The molecular formula is C10H13FO3. The number of halogens is 1. The fourth-order valence-electron chi connectivity index (χ4n) is 1.02. The molecule has 1 atom stereocenters. The first-order valence-electron chi connectivity index (χ1n) is 4.31. The molecule has 4 heteroatoms. The minimum Gasteiger partial charge on any atom is -0.463 e. The molecule has 14 heavy (non-hydrogen) atoms. The minimum atomic E-state index is -1.42. The first-order chi connectivity index (χ1) is 6.53. The van der Waals surface area contributed by atoms with Gasteiger partial charge < -0.3 is 14.9 Å². The summed E-state index contributed by atoms with van der Waals surface area (Å²) >= 11 is 0. The summed E-state index contributed by atoms with van der Waals surface area (Å²) in [4.78, 5) is 0. The number of aliphatic hydroxyl groups excluding tert-OH is 1. The Morgan fingerprint density at radius 2 is 1.93 bits per heavy atom. The Morgan fingerprint density at radius 3 is 2.43 bits per heavy atom. The van der Waals surface area contributed by atoms with E-state index in [9.17, 15) is 9.50 Å². The van der Waals surface area contributed by atoms with Gasteiger partial charge in [-0.2, -0.15) is 0 Å². The topological polar surface area (TPSA) is 49.7 Å². The highest BCUT2D eigenvalue weighted by molar-refractivity contribution is 5.22. The second-order valence-corrected chi connectivity index (χ2v) is 3.20. The van der Waals surface area contributed by atoms with Gasteiger partial charge in [-0.05, 0) is 24.3 Å². The molecule has 0 bridgehead atoms. The molecule has 0 fully saturated rings. The normalized spacial score (nSPS) is 14.9. The first kappa shape index (κ1) is 10.9. The maximum absolute atomic E-state index is 12.5. The highest BCUT2D eigenvalue weighted by Crippen LogP contribution is 2.19. The van der Waals surface area contributed by atoms with Crippen molar-refractivity contribution in [3.8, 4) is 5.75 Å². The van der Waals surface area contributed by atoms with E-state index < -0.39 is 5.79 Å². The van der Waals surface area contributed by atoms with Gasteiger partial charge >= 0.3 is 0 Å². The summed E-state index contributed by atoms with van der Waals surface area (Å²) in [5.74, 6) is -1.42. The van der Waals surface area contributed by atoms with Crippen molar-refractivity contribution in [2.24, 2.45) is 0 Å². The molecule has 0 aliphatic carbocycles. The van der Waals surface area contributed by atoms with Gasteiger partial charge in [0.25, 0.3) is 0 Å². The average Bonchev–Trinajstić information content (AvgIpc) is 2.08. The van der Waals surface area contributed by atoms with Crippen molar-refractivity contribution in [2.45, 2.75) is 19.1 Å². The fourth-order valence-corrected chi connectivity index (χ4v) is 1.02. The molecule has 0 aliphatic heterocycles. The van der Waals surface area contributed by atoms with E-state index in [1.54, 1.807) is 0 Å². The number of benzene rings is 1. The van der Waals surface area contributed by atoms with E-state index in [-0.39, 0.29) is 18.8 Å². The molecule has 0 amide bonds.